The van der Waals surface area contributed by atoms with E-state index in [0.29, 0.717) is 18.8 Å². The molecular formula is C16H23NO3. The second-order valence-electron chi connectivity index (χ2n) is 5.12. The number of hydrogen-bond acceptors (Lipinski definition) is 3. The van der Waals surface area contributed by atoms with E-state index in [4.69, 9.17) is 4.74 Å². The number of aliphatic hydroxyl groups is 1. The van der Waals surface area contributed by atoms with Crippen molar-refractivity contribution in [2.24, 2.45) is 0 Å². The summed E-state index contributed by atoms with van der Waals surface area (Å²) in [6.07, 6.45) is 2.43. The standard InChI is InChI=1S/C16H23NO3/c1-3-17(4-2)16(19)11-20-13-8-9-14-12(10-13)6-5-7-15(14)18/h8-10,15,18H,3-7,11H2,1-2H3. The van der Waals surface area contributed by atoms with Gasteiger partial charge < -0.3 is 14.7 Å². The van der Waals surface area contributed by atoms with Crippen LogP contribution >= 0.6 is 0 Å². The van der Waals surface area contributed by atoms with E-state index in [9.17, 15) is 9.90 Å². The quantitative estimate of drug-likeness (QED) is 0.898. The number of ether oxygens (including phenoxy) is 1. The minimum atomic E-state index is -0.356. The maximum absolute atomic E-state index is 11.9. The molecular weight excluding hydrogens is 254 g/mol. The fraction of sp³-hybridized carbons (Fsp3) is 0.562. The summed E-state index contributed by atoms with van der Waals surface area (Å²) >= 11 is 0. The summed E-state index contributed by atoms with van der Waals surface area (Å²) in [5.74, 6) is 0.714. The van der Waals surface area contributed by atoms with Crippen LogP contribution in [0.3, 0.4) is 0 Å². The number of likely N-dealkylation sites (N-methyl/N-ethyl adjacent to an activating group) is 1. The minimum absolute atomic E-state index is 0.00718. The normalized spacial score (nSPS) is 17.4. The van der Waals surface area contributed by atoms with Crippen molar-refractivity contribution in [2.45, 2.75) is 39.2 Å². The summed E-state index contributed by atoms with van der Waals surface area (Å²) < 4.78 is 5.58. The zero-order chi connectivity index (χ0) is 14.5. The molecule has 0 bridgehead atoms. The van der Waals surface area contributed by atoms with Crippen LogP contribution in [0.1, 0.15) is 43.9 Å². The zero-order valence-corrected chi connectivity index (χ0v) is 12.3. The molecule has 0 aromatic heterocycles. The topological polar surface area (TPSA) is 49.8 Å². The Balaban J connectivity index is 1.99. The van der Waals surface area contributed by atoms with Crippen LogP contribution in [-0.2, 0) is 11.2 Å². The molecule has 4 nitrogen and oxygen atoms in total. The van der Waals surface area contributed by atoms with Crippen LogP contribution in [0.2, 0.25) is 0 Å². The van der Waals surface area contributed by atoms with Crippen LogP contribution in [0.15, 0.2) is 18.2 Å². The third-order valence-electron chi connectivity index (χ3n) is 3.88. The molecule has 0 heterocycles. The molecule has 1 atom stereocenters. The number of rotatable bonds is 5. The first kappa shape index (κ1) is 14.9. The molecule has 1 aromatic carbocycles. The number of aryl methyl sites for hydroxylation is 1. The Morgan fingerprint density at radius 2 is 2.15 bits per heavy atom. The molecule has 110 valence electrons. The molecule has 0 saturated carbocycles. The average molecular weight is 277 g/mol. The van der Waals surface area contributed by atoms with E-state index in [2.05, 4.69) is 0 Å². The van der Waals surface area contributed by atoms with Crippen LogP contribution in [0.5, 0.6) is 5.75 Å². The van der Waals surface area contributed by atoms with Crippen LogP contribution in [-0.4, -0.2) is 35.6 Å². The summed E-state index contributed by atoms with van der Waals surface area (Å²) in [6, 6.07) is 5.70. The lowest BCUT2D eigenvalue weighted by Crippen LogP contribution is -2.34. The fourth-order valence-corrected chi connectivity index (χ4v) is 2.67. The van der Waals surface area contributed by atoms with Crippen molar-refractivity contribution in [3.05, 3.63) is 29.3 Å². The second kappa shape index (κ2) is 6.75. The molecule has 1 N–H and O–H groups in total. The smallest absolute Gasteiger partial charge is 0.260 e. The summed E-state index contributed by atoms with van der Waals surface area (Å²) in [5, 5.41) is 9.91. The number of aliphatic hydroxyl groups excluding tert-OH is 1. The van der Waals surface area contributed by atoms with Crippen molar-refractivity contribution in [2.75, 3.05) is 19.7 Å². The molecule has 0 fully saturated rings. The molecule has 4 heteroatoms. The number of carbonyl (C=O) groups is 1. The molecule has 1 amide bonds. The number of nitrogens with zero attached hydrogens (tertiary/aromatic N) is 1. The Labute approximate surface area is 120 Å². The lowest BCUT2D eigenvalue weighted by atomic mass is 9.89. The van der Waals surface area contributed by atoms with Gasteiger partial charge in [0, 0.05) is 13.1 Å². The van der Waals surface area contributed by atoms with Crippen LogP contribution in [0, 0.1) is 0 Å². The van der Waals surface area contributed by atoms with E-state index in [-0.39, 0.29) is 18.6 Å². The monoisotopic (exact) mass is 277 g/mol. The first-order chi connectivity index (χ1) is 9.65. The van der Waals surface area contributed by atoms with Crippen LogP contribution < -0.4 is 4.74 Å². The highest BCUT2D eigenvalue weighted by Gasteiger charge is 2.18. The first-order valence-electron chi connectivity index (χ1n) is 7.37. The molecule has 0 spiro atoms. The van der Waals surface area contributed by atoms with Gasteiger partial charge in [0.05, 0.1) is 6.10 Å². The molecule has 1 unspecified atom stereocenters. The van der Waals surface area contributed by atoms with E-state index >= 15 is 0 Å². The lowest BCUT2D eigenvalue weighted by molar-refractivity contribution is -0.132. The Morgan fingerprint density at radius 3 is 2.85 bits per heavy atom. The molecule has 1 aromatic rings. The molecule has 2 rings (SSSR count). The van der Waals surface area contributed by atoms with Gasteiger partial charge in [0.25, 0.3) is 5.91 Å². The third kappa shape index (κ3) is 3.31. The predicted octanol–water partition coefficient (Wildman–Crippen LogP) is 2.30. The third-order valence-corrected chi connectivity index (χ3v) is 3.88. The van der Waals surface area contributed by atoms with Gasteiger partial charge in [-0.15, -0.1) is 0 Å². The summed E-state index contributed by atoms with van der Waals surface area (Å²) in [6.45, 7) is 5.40. The Kier molecular flexibility index (Phi) is 5.01. The van der Waals surface area contributed by atoms with E-state index in [1.807, 2.05) is 32.0 Å². The molecule has 1 aliphatic carbocycles. The predicted molar refractivity (Wildman–Crippen MR) is 77.8 cm³/mol. The first-order valence-corrected chi connectivity index (χ1v) is 7.37. The van der Waals surface area contributed by atoms with E-state index in [1.165, 1.54) is 0 Å². The Bertz CT molecular complexity index is 469. The maximum atomic E-state index is 11.9. The fourth-order valence-electron chi connectivity index (χ4n) is 2.67. The lowest BCUT2D eigenvalue weighted by Gasteiger charge is -2.22. The van der Waals surface area contributed by atoms with Crippen molar-refractivity contribution in [3.63, 3.8) is 0 Å². The minimum Gasteiger partial charge on any atom is -0.484 e. The Morgan fingerprint density at radius 1 is 1.40 bits per heavy atom. The van der Waals surface area contributed by atoms with Gasteiger partial charge in [-0.2, -0.15) is 0 Å². The van der Waals surface area contributed by atoms with E-state index < -0.39 is 0 Å². The molecule has 0 saturated heterocycles. The average Bonchev–Trinajstić information content (AvgIpc) is 2.46. The Hall–Kier alpha value is -1.55. The maximum Gasteiger partial charge on any atom is 0.260 e. The number of hydrogen-bond donors (Lipinski definition) is 1. The molecule has 20 heavy (non-hydrogen) atoms. The molecule has 0 aliphatic heterocycles. The van der Waals surface area contributed by atoms with Crippen molar-refractivity contribution < 1.29 is 14.6 Å². The number of carbonyl (C=O) groups excluding carboxylic acids is 1. The van der Waals surface area contributed by atoms with Gasteiger partial charge in [-0.1, -0.05) is 6.07 Å². The van der Waals surface area contributed by atoms with Crippen LogP contribution in [0.4, 0.5) is 0 Å². The van der Waals surface area contributed by atoms with Gasteiger partial charge in [-0.3, -0.25) is 4.79 Å². The number of fused-ring (bicyclic) bond motifs is 1. The second-order valence-corrected chi connectivity index (χ2v) is 5.12. The van der Waals surface area contributed by atoms with Gasteiger partial charge >= 0.3 is 0 Å². The van der Waals surface area contributed by atoms with Crippen molar-refractivity contribution >= 4 is 5.91 Å². The van der Waals surface area contributed by atoms with Crippen molar-refractivity contribution in [3.8, 4) is 5.75 Å². The number of benzene rings is 1. The summed E-state index contributed by atoms with van der Waals surface area (Å²) in [5.41, 5.74) is 2.13. The number of amides is 1. The van der Waals surface area contributed by atoms with Gasteiger partial charge in [-0.25, -0.2) is 0 Å². The SMILES string of the molecule is CCN(CC)C(=O)COc1ccc2c(c1)CCCC2O. The zero-order valence-electron chi connectivity index (χ0n) is 12.3. The van der Waals surface area contributed by atoms with Crippen molar-refractivity contribution in [1.29, 1.82) is 0 Å². The highest BCUT2D eigenvalue weighted by atomic mass is 16.5. The van der Waals surface area contributed by atoms with Gasteiger partial charge in [0.15, 0.2) is 6.61 Å². The van der Waals surface area contributed by atoms with Crippen molar-refractivity contribution in [1.82, 2.24) is 4.90 Å². The highest BCUT2D eigenvalue weighted by molar-refractivity contribution is 5.77. The molecule has 0 radical (unpaired) electrons. The van der Waals surface area contributed by atoms with E-state index in [0.717, 1.165) is 30.4 Å². The van der Waals surface area contributed by atoms with Gasteiger partial charge in [0.2, 0.25) is 0 Å². The van der Waals surface area contributed by atoms with Crippen LogP contribution in [0.25, 0.3) is 0 Å². The molecule has 1 aliphatic rings. The summed E-state index contributed by atoms with van der Waals surface area (Å²) in [4.78, 5) is 13.6. The van der Waals surface area contributed by atoms with E-state index in [1.54, 1.807) is 4.90 Å². The largest absolute Gasteiger partial charge is 0.484 e. The van der Waals surface area contributed by atoms with Gasteiger partial charge in [-0.05, 0) is 56.4 Å². The summed E-state index contributed by atoms with van der Waals surface area (Å²) in [7, 11) is 0. The van der Waals surface area contributed by atoms with Gasteiger partial charge in [0.1, 0.15) is 5.75 Å². The highest BCUT2D eigenvalue weighted by Crippen LogP contribution is 2.31.